The summed E-state index contributed by atoms with van der Waals surface area (Å²) in [6.45, 7) is 0.171. The van der Waals surface area contributed by atoms with Crippen LogP contribution in [0.4, 0.5) is 0 Å². The molecule has 15 unspecified atom stereocenters. The van der Waals surface area contributed by atoms with E-state index in [1.165, 1.54) is 24.3 Å². The van der Waals surface area contributed by atoms with Crippen molar-refractivity contribution in [2.75, 3.05) is 13.7 Å². The first-order valence-electron chi connectivity index (χ1n) is 23.8. The molecule has 3 spiro atoms. The Labute approximate surface area is 375 Å². The summed E-state index contributed by atoms with van der Waals surface area (Å²) in [6.07, 6.45) is 15.0. The highest BCUT2D eigenvalue weighted by Gasteiger charge is 2.77. The lowest BCUT2D eigenvalue weighted by molar-refractivity contribution is -0.175. The lowest BCUT2D eigenvalue weighted by atomic mass is 9.28. The third-order valence-electron chi connectivity index (χ3n) is 18.8. The zero-order valence-corrected chi connectivity index (χ0v) is 36.4. The smallest absolute Gasteiger partial charge is 0.160 e. The molecule has 9 aliphatic rings. The molecular formula is C55H59NO8. The molecule has 64 heavy (non-hydrogen) atoms. The van der Waals surface area contributed by atoms with Gasteiger partial charge in [0.25, 0.3) is 0 Å². The number of phenolic OH excluding ortho intramolecular Hbond substituents is 3. The molecule has 12 rings (SSSR count). The zero-order chi connectivity index (χ0) is 43.9. The monoisotopic (exact) mass is 861 g/mol. The van der Waals surface area contributed by atoms with Crippen molar-refractivity contribution in [2.45, 2.75) is 106 Å². The number of piperidine rings is 1. The number of carbonyl (C=O) groups excluding carboxylic acids is 1. The maximum Gasteiger partial charge on any atom is 0.160 e. The van der Waals surface area contributed by atoms with Crippen LogP contribution in [0.2, 0.25) is 0 Å². The predicted octanol–water partition coefficient (Wildman–Crippen LogP) is 7.23. The standard InChI is InChI=1S/C55H59NO8/c1-64-49-23-39(33(27-57)16-47(49)62)38-20-37(59)21-48(63)52-32(10-9-30(38)14-29-6-3-2-4-7-29)26-56-51-18-35-15-31-11-12-36(58)19-40(31)43-17-34-8-5-13-53(34)28-54(35,43)50-25-42(53)41-22-45(60)46(61)24-44(41)55(50,51)52/h2-4,6-7,11-12,15-17,22-24,30,32,34-36,38,40,42,48,50-52,56-58,60-63H,5,8,13-14,18-21,25-28H2,1H3. The summed E-state index contributed by atoms with van der Waals surface area (Å²) < 4.78 is 5.57. The highest BCUT2D eigenvalue weighted by Crippen LogP contribution is 2.82. The first-order chi connectivity index (χ1) is 31.0. The first kappa shape index (κ1) is 40.6. The summed E-state index contributed by atoms with van der Waals surface area (Å²) in [5.74, 6) is 6.59. The second kappa shape index (κ2) is 14.6. The quantitative estimate of drug-likeness (QED) is 0.0799. The summed E-state index contributed by atoms with van der Waals surface area (Å²) >= 11 is 0. The molecule has 9 heteroatoms. The molecule has 4 fully saturated rings. The number of aliphatic hydroxyl groups excluding tert-OH is 3. The van der Waals surface area contributed by atoms with Gasteiger partial charge >= 0.3 is 0 Å². The van der Waals surface area contributed by atoms with Crippen molar-refractivity contribution in [1.29, 1.82) is 0 Å². The van der Waals surface area contributed by atoms with Crippen LogP contribution >= 0.6 is 0 Å². The molecule has 1 aliphatic heterocycles. The number of aromatic hydroxyl groups is 3. The summed E-state index contributed by atoms with van der Waals surface area (Å²) in [6, 6.07) is 17.0. The van der Waals surface area contributed by atoms with Crippen molar-refractivity contribution in [3.05, 3.63) is 118 Å². The molecular weight excluding hydrogens is 803 g/mol. The average molecular weight is 862 g/mol. The van der Waals surface area contributed by atoms with E-state index in [-0.39, 0.29) is 101 Å². The molecule has 7 N–H and O–H groups in total. The maximum atomic E-state index is 14.9. The van der Waals surface area contributed by atoms with E-state index in [1.807, 2.05) is 36.4 Å². The van der Waals surface area contributed by atoms with Gasteiger partial charge in [0.2, 0.25) is 0 Å². The SMILES string of the molecule is COc1cc(C2CC(=O)CC(O)C3C(C#CC2Cc2ccccc2)CNC2CC4C=C5C=CC(O)CC5C5=CC6CCCC67CC54C4CC7c5cc(O)c(O)cc5C234)c(CO)cc1O. The Morgan fingerprint density at radius 3 is 2.55 bits per heavy atom. The van der Waals surface area contributed by atoms with E-state index in [0.29, 0.717) is 36.4 Å². The molecule has 3 aromatic carbocycles. The number of benzene rings is 3. The Morgan fingerprint density at radius 2 is 1.73 bits per heavy atom. The van der Waals surface area contributed by atoms with Gasteiger partial charge in [-0.1, -0.05) is 78.5 Å². The van der Waals surface area contributed by atoms with Crippen LogP contribution in [0.3, 0.4) is 0 Å². The van der Waals surface area contributed by atoms with Gasteiger partial charge in [-0.05, 0) is 132 Å². The molecule has 0 amide bonds. The lowest BCUT2D eigenvalue weighted by Gasteiger charge is -2.76. The number of Topliss-reactive ketones (excluding diaryl/α,β-unsaturated/α-hetero) is 1. The molecule has 0 aromatic heterocycles. The molecule has 1 heterocycles. The number of ketones is 1. The number of rotatable bonds is 5. The minimum Gasteiger partial charge on any atom is -0.504 e. The van der Waals surface area contributed by atoms with E-state index >= 15 is 0 Å². The van der Waals surface area contributed by atoms with Crippen LogP contribution in [0.25, 0.3) is 0 Å². The number of phenols is 3. The van der Waals surface area contributed by atoms with E-state index < -0.39 is 29.5 Å². The molecule has 15 atom stereocenters. The third kappa shape index (κ3) is 5.49. The van der Waals surface area contributed by atoms with E-state index in [0.717, 1.165) is 55.2 Å². The number of hydrogen-bond acceptors (Lipinski definition) is 9. The van der Waals surface area contributed by atoms with Crippen molar-refractivity contribution < 1.29 is 40.2 Å². The first-order valence-corrected chi connectivity index (χ1v) is 23.8. The van der Waals surface area contributed by atoms with Gasteiger partial charge in [0.15, 0.2) is 23.0 Å². The predicted molar refractivity (Wildman–Crippen MR) is 240 cm³/mol. The Balaban J connectivity index is 1.08. The summed E-state index contributed by atoms with van der Waals surface area (Å²) in [7, 11) is 1.48. The van der Waals surface area contributed by atoms with Gasteiger partial charge in [-0.25, -0.2) is 0 Å². The number of allylic oxidation sites excluding steroid dienone is 5. The van der Waals surface area contributed by atoms with Crippen LogP contribution in [-0.2, 0) is 23.2 Å². The lowest BCUT2D eigenvalue weighted by Crippen LogP contribution is -2.77. The summed E-state index contributed by atoms with van der Waals surface area (Å²) in [5, 5.41) is 72.9. The number of nitrogens with one attached hydrogen (secondary N) is 1. The Bertz CT molecular complexity index is 2610. The van der Waals surface area contributed by atoms with Crippen molar-refractivity contribution in [3.63, 3.8) is 0 Å². The number of ether oxygens (including phenoxy) is 1. The van der Waals surface area contributed by atoms with Gasteiger partial charge in [0, 0.05) is 65.8 Å². The molecule has 8 aliphatic carbocycles. The minimum atomic E-state index is -1.07. The molecule has 0 radical (unpaired) electrons. The van der Waals surface area contributed by atoms with Crippen molar-refractivity contribution in [1.82, 2.24) is 5.32 Å². The van der Waals surface area contributed by atoms with E-state index in [4.69, 9.17) is 4.74 Å². The van der Waals surface area contributed by atoms with Crippen LogP contribution in [0.15, 0.2) is 90.0 Å². The van der Waals surface area contributed by atoms with Crippen molar-refractivity contribution in [3.8, 4) is 34.8 Å². The number of methoxy groups -OCH3 is 1. The Kier molecular flexibility index (Phi) is 9.26. The highest BCUT2D eigenvalue weighted by atomic mass is 16.5. The van der Waals surface area contributed by atoms with Gasteiger partial charge in [-0.15, -0.1) is 0 Å². The summed E-state index contributed by atoms with van der Waals surface area (Å²) in [4.78, 5) is 14.9. The van der Waals surface area contributed by atoms with Gasteiger partial charge in [-0.3, -0.25) is 4.79 Å². The molecule has 332 valence electrons. The van der Waals surface area contributed by atoms with Crippen LogP contribution < -0.4 is 10.1 Å². The normalized spacial score (nSPS) is 40.8. The van der Waals surface area contributed by atoms with Crippen LogP contribution in [-0.4, -0.2) is 68.3 Å². The zero-order valence-electron chi connectivity index (χ0n) is 36.4. The fraction of sp³-hybridized carbons (Fsp3) is 0.509. The number of aliphatic hydroxyl groups is 3. The van der Waals surface area contributed by atoms with Crippen molar-refractivity contribution >= 4 is 5.78 Å². The largest absolute Gasteiger partial charge is 0.504 e. The molecule has 1 saturated heterocycles. The van der Waals surface area contributed by atoms with Gasteiger partial charge in [0.1, 0.15) is 5.78 Å². The van der Waals surface area contributed by atoms with Crippen LogP contribution in [0.1, 0.15) is 97.4 Å². The van der Waals surface area contributed by atoms with Gasteiger partial charge < -0.3 is 40.7 Å². The molecule has 3 aromatic rings. The van der Waals surface area contributed by atoms with E-state index in [1.54, 1.807) is 6.07 Å². The Hall–Kier alpha value is -4.85. The second-order valence-corrected chi connectivity index (χ2v) is 21.2. The molecule has 3 saturated carbocycles. The van der Waals surface area contributed by atoms with E-state index in [9.17, 15) is 35.4 Å². The topological polar surface area (TPSA) is 160 Å². The Morgan fingerprint density at radius 1 is 0.906 bits per heavy atom. The summed E-state index contributed by atoms with van der Waals surface area (Å²) in [5.41, 5.74) is 6.12. The third-order valence-corrected chi connectivity index (χ3v) is 18.8. The fourth-order valence-corrected chi connectivity index (χ4v) is 16.7. The number of carbonyl (C=O) groups is 1. The number of fused-ring (bicyclic) bond motifs is 6. The van der Waals surface area contributed by atoms with Crippen molar-refractivity contribution in [2.24, 2.45) is 52.3 Å². The maximum absolute atomic E-state index is 14.9. The number of hydrogen-bond donors (Lipinski definition) is 7. The van der Waals surface area contributed by atoms with Gasteiger partial charge in [0.05, 0.1) is 25.9 Å². The minimum absolute atomic E-state index is 0.00442. The van der Waals surface area contributed by atoms with Crippen LogP contribution in [0, 0.1) is 64.1 Å². The average Bonchev–Trinajstić information content (AvgIpc) is 3.69. The van der Waals surface area contributed by atoms with E-state index in [2.05, 4.69) is 47.5 Å². The van der Waals surface area contributed by atoms with Crippen LogP contribution in [0.5, 0.6) is 23.0 Å². The molecule has 9 nitrogen and oxygen atoms in total. The fourth-order valence-electron chi connectivity index (χ4n) is 16.7. The highest BCUT2D eigenvalue weighted by molar-refractivity contribution is 5.80. The second-order valence-electron chi connectivity index (χ2n) is 21.2. The van der Waals surface area contributed by atoms with Gasteiger partial charge in [-0.2, -0.15) is 0 Å². The molecule has 4 bridgehead atoms.